The van der Waals surface area contributed by atoms with E-state index in [1.807, 2.05) is 6.07 Å². The summed E-state index contributed by atoms with van der Waals surface area (Å²) in [4.78, 5) is 10.6. The van der Waals surface area contributed by atoms with Crippen LogP contribution < -0.4 is 21.6 Å². The van der Waals surface area contributed by atoms with Crippen molar-refractivity contribution in [2.45, 2.75) is 0 Å². The van der Waals surface area contributed by atoms with Gasteiger partial charge in [0.15, 0.2) is 7.14 Å². The van der Waals surface area contributed by atoms with Crippen molar-refractivity contribution in [3.8, 4) is 0 Å². The van der Waals surface area contributed by atoms with Crippen LogP contribution in [-0.4, -0.2) is 4.92 Å². The van der Waals surface area contributed by atoms with Crippen LogP contribution in [0.4, 0.5) is 11.4 Å². The Morgan fingerprint density at radius 3 is 2.12 bits per heavy atom. The van der Waals surface area contributed by atoms with E-state index in [2.05, 4.69) is 0 Å². The number of non-ortho nitro benzene ring substituents is 1. The molecule has 0 radical (unpaired) electrons. The Bertz CT molecular complexity index is 942. The first-order valence-electron chi connectivity index (χ1n) is 7.29. The van der Waals surface area contributed by atoms with Crippen LogP contribution in [-0.2, 0) is 4.57 Å². The molecule has 6 heteroatoms. The number of hydrogen-bond donors (Lipinski definition) is 1. The predicted molar refractivity (Wildman–Crippen MR) is 96.9 cm³/mol. The van der Waals surface area contributed by atoms with E-state index in [0.717, 1.165) is 0 Å². The van der Waals surface area contributed by atoms with Crippen molar-refractivity contribution in [1.82, 2.24) is 0 Å². The fraction of sp³-hybridized carbons (Fsp3) is 0. The number of nitro groups is 1. The van der Waals surface area contributed by atoms with E-state index < -0.39 is 12.1 Å². The molecule has 3 aromatic carbocycles. The van der Waals surface area contributed by atoms with Crippen LogP contribution in [0.25, 0.3) is 0 Å². The average molecular weight is 338 g/mol. The standard InChI is InChI=1S/C18H15N2O3P/c19-17-11-4-5-12-18(17)24(23,15-8-2-1-3-9-15)16-10-6-7-14(13-16)20(21)22/h1-13H,19H2. The van der Waals surface area contributed by atoms with E-state index in [4.69, 9.17) is 5.73 Å². The zero-order valence-electron chi connectivity index (χ0n) is 12.7. The molecule has 0 aliphatic carbocycles. The Morgan fingerprint density at radius 2 is 1.46 bits per heavy atom. The lowest BCUT2D eigenvalue weighted by molar-refractivity contribution is -0.384. The van der Waals surface area contributed by atoms with Crippen LogP contribution >= 0.6 is 7.14 Å². The van der Waals surface area contributed by atoms with E-state index in [1.165, 1.54) is 12.1 Å². The number of benzene rings is 3. The summed E-state index contributed by atoms with van der Waals surface area (Å²) in [5.41, 5.74) is 6.37. The van der Waals surface area contributed by atoms with Gasteiger partial charge in [-0.3, -0.25) is 10.1 Å². The number of nitrogens with two attached hydrogens (primary N) is 1. The van der Waals surface area contributed by atoms with Gasteiger partial charge in [-0.15, -0.1) is 0 Å². The zero-order valence-corrected chi connectivity index (χ0v) is 13.6. The van der Waals surface area contributed by atoms with Gasteiger partial charge in [0.25, 0.3) is 5.69 Å². The first kappa shape index (κ1) is 16.0. The number of nitrogen functional groups attached to an aromatic ring is 1. The molecule has 0 spiro atoms. The Labute approximate surface area is 139 Å². The van der Waals surface area contributed by atoms with E-state index in [0.29, 0.717) is 21.6 Å². The van der Waals surface area contributed by atoms with Gasteiger partial charge in [-0.25, -0.2) is 0 Å². The molecular formula is C18H15N2O3P. The number of hydrogen-bond acceptors (Lipinski definition) is 4. The second-order valence-corrected chi connectivity index (χ2v) is 8.01. The molecule has 1 unspecified atom stereocenters. The molecule has 0 fully saturated rings. The third-order valence-electron chi connectivity index (χ3n) is 3.80. The minimum Gasteiger partial charge on any atom is -0.398 e. The second kappa shape index (κ2) is 6.30. The van der Waals surface area contributed by atoms with E-state index >= 15 is 0 Å². The maximum atomic E-state index is 14.1. The molecule has 0 heterocycles. The Balaban J connectivity index is 2.32. The van der Waals surface area contributed by atoms with Gasteiger partial charge in [-0.2, -0.15) is 0 Å². The fourth-order valence-corrected chi connectivity index (χ4v) is 5.43. The fourth-order valence-electron chi connectivity index (χ4n) is 2.64. The summed E-state index contributed by atoms with van der Waals surface area (Å²) >= 11 is 0. The minimum atomic E-state index is -3.31. The monoisotopic (exact) mass is 338 g/mol. The normalized spacial score (nSPS) is 13.2. The van der Waals surface area contributed by atoms with Gasteiger partial charge in [0, 0.05) is 33.7 Å². The molecule has 3 rings (SSSR count). The molecule has 0 aliphatic heterocycles. The summed E-state index contributed by atoms with van der Waals surface area (Å²) in [5.74, 6) is 0. The predicted octanol–water partition coefficient (Wildman–Crippen LogP) is 2.82. The molecule has 24 heavy (non-hydrogen) atoms. The summed E-state index contributed by atoms with van der Waals surface area (Å²) in [6.45, 7) is 0. The summed E-state index contributed by atoms with van der Waals surface area (Å²) in [5, 5.41) is 12.6. The Hall–Kier alpha value is -2.91. The van der Waals surface area contributed by atoms with Gasteiger partial charge in [0.2, 0.25) is 0 Å². The van der Waals surface area contributed by atoms with Gasteiger partial charge in [-0.1, -0.05) is 54.6 Å². The highest BCUT2D eigenvalue weighted by Crippen LogP contribution is 2.44. The number of nitro benzene ring substituents is 1. The molecule has 2 N–H and O–H groups in total. The van der Waals surface area contributed by atoms with Crippen LogP contribution in [0, 0.1) is 10.1 Å². The van der Waals surface area contributed by atoms with Crippen molar-refractivity contribution >= 4 is 34.4 Å². The Kier molecular flexibility index (Phi) is 4.19. The van der Waals surface area contributed by atoms with Gasteiger partial charge >= 0.3 is 0 Å². The largest absolute Gasteiger partial charge is 0.398 e. The van der Waals surface area contributed by atoms with Crippen LogP contribution in [0.1, 0.15) is 0 Å². The molecule has 0 saturated heterocycles. The van der Waals surface area contributed by atoms with Crippen molar-refractivity contribution < 1.29 is 9.49 Å². The van der Waals surface area contributed by atoms with E-state index in [9.17, 15) is 14.7 Å². The summed E-state index contributed by atoms with van der Waals surface area (Å²) < 4.78 is 14.1. The maximum absolute atomic E-state index is 14.1. The molecule has 5 nitrogen and oxygen atoms in total. The van der Waals surface area contributed by atoms with Gasteiger partial charge in [0.05, 0.1) is 4.92 Å². The Morgan fingerprint density at radius 1 is 0.833 bits per heavy atom. The van der Waals surface area contributed by atoms with Crippen LogP contribution in [0.15, 0.2) is 78.9 Å². The highest BCUT2D eigenvalue weighted by molar-refractivity contribution is 7.85. The molecule has 0 saturated carbocycles. The van der Waals surface area contributed by atoms with Crippen molar-refractivity contribution in [3.63, 3.8) is 0 Å². The first-order valence-corrected chi connectivity index (χ1v) is 9.00. The number of rotatable bonds is 4. The highest BCUT2D eigenvalue weighted by Gasteiger charge is 2.32. The first-order chi connectivity index (χ1) is 11.5. The second-order valence-electron chi connectivity index (χ2n) is 5.28. The number of anilines is 1. The molecular weight excluding hydrogens is 323 g/mol. The van der Waals surface area contributed by atoms with Crippen LogP contribution in [0.3, 0.4) is 0 Å². The number of para-hydroxylation sites is 1. The van der Waals surface area contributed by atoms with Crippen molar-refractivity contribution in [3.05, 3.63) is 89.0 Å². The molecule has 0 bridgehead atoms. The van der Waals surface area contributed by atoms with Crippen molar-refractivity contribution in [1.29, 1.82) is 0 Å². The number of nitrogens with zero attached hydrogens (tertiary/aromatic N) is 1. The van der Waals surface area contributed by atoms with Crippen LogP contribution in [0.5, 0.6) is 0 Å². The average Bonchev–Trinajstić information content (AvgIpc) is 2.62. The third kappa shape index (κ3) is 2.70. The maximum Gasteiger partial charge on any atom is 0.270 e. The quantitative estimate of drug-likeness (QED) is 0.343. The van der Waals surface area contributed by atoms with Gasteiger partial charge in [0.1, 0.15) is 0 Å². The van der Waals surface area contributed by atoms with Gasteiger partial charge < -0.3 is 10.3 Å². The van der Waals surface area contributed by atoms with Crippen LogP contribution in [0.2, 0.25) is 0 Å². The lowest BCUT2D eigenvalue weighted by Crippen LogP contribution is -2.27. The van der Waals surface area contributed by atoms with E-state index in [1.54, 1.807) is 60.7 Å². The SMILES string of the molecule is Nc1ccccc1P(=O)(c1ccccc1)c1cccc([N+](=O)[O-])c1. The topological polar surface area (TPSA) is 86.2 Å². The molecule has 3 aromatic rings. The molecule has 120 valence electrons. The smallest absolute Gasteiger partial charge is 0.270 e. The summed E-state index contributed by atoms with van der Waals surface area (Å²) in [7, 11) is -3.31. The lowest BCUT2D eigenvalue weighted by Gasteiger charge is -2.21. The highest BCUT2D eigenvalue weighted by atomic mass is 31.2. The van der Waals surface area contributed by atoms with Gasteiger partial charge in [-0.05, 0) is 12.1 Å². The van der Waals surface area contributed by atoms with Crippen molar-refractivity contribution in [2.75, 3.05) is 5.73 Å². The molecule has 0 aromatic heterocycles. The summed E-state index contributed by atoms with van der Waals surface area (Å²) in [6, 6.07) is 21.8. The zero-order chi connectivity index (χ0) is 17.2. The van der Waals surface area contributed by atoms with E-state index in [-0.39, 0.29) is 5.69 Å². The van der Waals surface area contributed by atoms with Crippen molar-refractivity contribution in [2.24, 2.45) is 0 Å². The molecule has 0 amide bonds. The molecule has 0 aliphatic rings. The minimum absolute atomic E-state index is 0.0989. The summed E-state index contributed by atoms with van der Waals surface area (Å²) in [6.07, 6.45) is 0. The lowest BCUT2D eigenvalue weighted by atomic mass is 10.3. The third-order valence-corrected chi connectivity index (χ3v) is 6.92. The molecule has 1 atom stereocenters.